The number of aromatic nitrogens is 2. The average Bonchev–Trinajstić information content (AvgIpc) is 2.78. The van der Waals surface area contributed by atoms with E-state index in [4.69, 9.17) is 0 Å². The van der Waals surface area contributed by atoms with Gasteiger partial charge >= 0.3 is 0 Å². The summed E-state index contributed by atoms with van der Waals surface area (Å²) in [6.07, 6.45) is 1.74. The molecule has 0 bridgehead atoms. The Hall–Kier alpha value is -3.71. The molecule has 4 aromatic rings. The number of hydrogen-bond donors (Lipinski definition) is 3. The summed E-state index contributed by atoms with van der Waals surface area (Å²) in [5, 5.41) is 7.35. The molecule has 0 aliphatic carbocycles. The molecule has 2 aromatic carbocycles. The fourth-order valence-electron chi connectivity index (χ4n) is 3.76. The normalized spacial score (nSPS) is 11.2. The highest BCUT2D eigenvalue weighted by atomic mass is 16.1. The zero-order chi connectivity index (χ0) is 22.7. The summed E-state index contributed by atoms with van der Waals surface area (Å²) in [6, 6.07) is 14.9. The number of amides is 1. The summed E-state index contributed by atoms with van der Waals surface area (Å²) in [4.78, 5) is 36.2. The smallest absolute Gasteiger partial charge is 0.253 e. The second-order valence-electron chi connectivity index (χ2n) is 8.10. The van der Waals surface area contributed by atoms with Crippen LogP contribution in [0.5, 0.6) is 0 Å². The number of anilines is 1. The van der Waals surface area contributed by atoms with Crippen LogP contribution in [0.4, 0.5) is 5.69 Å². The van der Waals surface area contributed by atoms with Crippen LogP contribution >= 0.6 is 0 Å². The Morgan fingerprint density at radius 2 is 1.91 bits per heavy atom. The van der Waals surface area contributed by atoms with E-state index in [1.165, 1.54) is 0 Å². The number of aromatic amines is 1. The number of nitrogens with zero attached hydrogens (tertiary/aromatic N) is 2. The molecule has 2 aromatic heterocycles. The molecule has 2 heterocycles. The van der Waals surface area contributed by atoms with Crippen LogP contribution < -0.4 is 16.1 Å². The molecule has 1 amide bonds. The van der Waals surface area contributed by atoms with Crippen molar-refractivity contribution in [2.45, 2.75) is 13.5 Å². The van der Waals surface area contributed by atoms with Crippen molar-refractivity contribution in [2.75, 3.05) is 32.5 Å². The third-order valence-corrected chi connectivity index (χ3v) is 5.48. The van der Waals surface area contributed by atoms with Crippen molar-refractivity contribution in [1.82, 2.24) is 20.2 Å². The van der Waals surface area contributed by atoms with E-state index in [1.807, 2.05) is 62.3 Å². The first-order valence-corrected chi connectivity index (χ1v) is 10.6. The first kappa shape index (κ1) is 21.5. The Kier molecular flexibility index (Phi) is 6.18. The highest BCUT2D eigenvalue weighted by Crippen LogP contribution is 2.27. The predicted octanol–water partition coefficient (Wildman–Crippen LogP) is 3.29. The van der Waals surface area contributed by atoms with Gasteiger partial charge < -0.3 is 20.5 Å². The van der Waals surface area contributed by atoms with Gasteiger partial charge in [0.25, 0.3) is 5.91 Å². The van der Waals surface area contributed by atoms with Crippen molar-refractivity contribution in [3.05, 3.63) is 81.8 Å². The minimum Gasteiger partial charge on any atom is -0.379 e. The van der Waals surface area contributed by atoms with Crippen LogP contribution in [0.2, 0.25) is 0 Å². The van der Waals surface area contributed by atoms with Gasteiger partial charge in [0.1, 0.15) is 0 Å². The van der Waals surface area contributed by atoms with E-state index in [0.717, 1.165) is 23.3 Å². The molecule has 0 aliphatic heterocycles. The molecule has 0 fully saturated rings. The second kappa shape index (κ2) is 9.20. The number of para-hydroxylation sites is 1. The monoisotopic (exact) mass is 429 g/mol. The van der Waals surface area contributed by atoms with E-state index in [1.54, 1.807) is 18.3 Å². The molecule has 0 radical (unpaired) electrons. The lowest BCUT2D eigenvalue weighted by Crippen LogP contribution is -2.31. The summed E-state index contributed by atoms with van der Waals surface area (Å²) in [5.74, 6) is -0.211. The number of aryl methyl sites for hydroxylation is 1. The Bertz CT molecular complexity index is 1330. The fraction of sp³-hybridized carbons (Fsp3) is 0.240. The highest BCUT2D eigenvalue weighted by Gasteiger charge is 2.18. The standard InChI is InChI=1S/C25H27N5O2/c1-16-7-6-9-18-22(16)29-23-19(25(32)27-13-14-30(2)3)10-11-20(21(23)24(18)31)28-15-17-8-4-5-12-26-17/h4-12,28H,13-15H2,1-3H3,(H,27,32)(H,29,31). The van der Waals surface area contributed by atoms with E-state index >= 15 is 0 Å². The van der Waals surface area contributed by atoms with Gasteiger partial charge in [0.15, 0.2) is 5.43 Å². The van der Waals surface area contributed by atoms with Crippen molar-refractivity contribution in [1.29, 1.82) is 0 Å². The van der Waals surface area contributed by atoms with Crippen molar-refractivity contribution in [3.8, 4) is 0 Å². The van der Waals surface area contributed by atoms with E-state index in [2.05, 4.69) is 20.6 Å². The van der Waals surface area contributed by atoms with Gasteiger partial charge in [-0.05, 0) is 56.9 Å². The van der Waals surface area contributed by atoms with Crippen LogP contribution in [0.15, 0.2) is 59.5 Å². The molecule has 4 rings (SSSR count). The molecule has 0 atom stereocenters. The second-order valence-corrected chi connectivity index (χ2v) is 8.10. The van der Waals surface area contributed by atoms with Crippen LogP contribution in [0.3, 0.4) is 0 Å². The van der Waals surface area contributed by atoms with Gasteiger partial charge in [-0.3, -0.25) is 14.6 Å². The number of pyridine rings is 2. The summed E-state index contributed by atoms with van der Waals surface area (Å²) in [6.45, 7) is 3.66. The van der Waals surface area contributed by atoms with Gasteiger partial charge in [0.05, 0.1) is 34.2 Å². The quantitative estimate of drug-likeness (QED) is 0.392. The molecule has 0 unspecified atom stereocenters. The number of fused-ring (bicyclic) bond motifs is 2. The summed E-state index contributed by atoms with van der Waals surface area (Å²) < 4.78 is 0. The van der Waals surface area contributed by atoms with Crippen LogP contribution in [-0.2, 0) is 6.54 Å². The largest absolute Gasteiger partial charge is 0.379 e. The molecular weight excluding hydrogens is 402 g/mol. The van der Waals surface area contributed by atoms with Gasteiger partial charge in [-0.2, -0.15) is 0 Å². The van der Waals surface area contributed by atoms with E-state index in [0.29, 0.717) is 40.6 Å². The third-order valence-electron chi connectivity index (χ3n) is 5.48. The molecule has 32 heavy (non-hydrogen) atoms. The van der Waals surface area contributed by atoms with Crippen LogP contribution in [0.1, 0.15) is 21.6 Å². The highest BCUT2D eigenvalue weighted by molar-refractivity contribution is 6.11. The molecule has 0 saturated carbocycles. The maximum absolute atomic E-state index is 13.5. The first-order valence-electron chi connectivity index (χ1n) is 10.6. The number of hydrogen-bond acceptors (Lipinski definition) is 5. The number of nitrogens with one attached hydrogen (secondary N) is 3. The molecule has 0 aliphatic rings. The van der Waals surface area contributed by atoms with Gasteiger partial charge in [-0.15, -0.1) is 0 Å². The zero-order valence-electron chi connectivity index (χ0n) is 18.5. The first-order chi connectivity index (χ1) is 15.5. The number of benzene rings is 2. The van der Waals surface area contributed by atoms with Crippen LogP contribution in [0.25, 0.3) is 21.8 Å². The number of rotatable bonds is 7. The van der Waals surface area contributed by atoms with Crippen molar-refractivity contribution >= 4 is 33.4 Å². The van der Waals surface area contributed by atoms with Gasteiger partial charge in [0, 0.05) is 30.4 Å². The predicted molar refractivity (Wildman–Crippen MR) is 129 cm³/mol. The number of H-pyrrole nitrogens is 1. The Morgan fingerprint density at radius 3 is 2.66 bits per heavy atom. The molecule has 164 valence electrons. The average molecular weight is 430 g/mol. The van der Waals surface area contributed by atoms with Gasteiger partial charge in [-0.25, -0.2) is 0 Å². The zero-order valence-corrected chi connectivity index (χ0v) is 18.5. The topological polar surface area (TPSA) is 90.1 Å². The lowest BCUT2D eigenvalue weighted by Gasteiger charge is -2.15. The SMILES string of the molecule is Cc1cccc2c(=O)c3c(NCc4ccccn4)ccc(C(=O)NCCN(C)C)c3[nH]c12. The van der Waals surface area contributed by atoms with E-state index < -0.39 is 0 Å². The van der Waals surface area contributed by atoms with Gasteiger partial charge in [-0.1, -0.05) is 18.2 Å². The molecule has 0 saturated heterocycles. The molecule has 7 heteroatoms. The number of likely N-dealkylation sites (N-methyl/N-ethyl adjacent to an activating group) is 1. The Balaban J connectivity index is 1.83. The van der Waals surface area contributed by atoms with Crippen LogP contribution in [0, 0.1) is 6.92 Å². The van der Waals surface area contributed by atoms with Gasteiger partial charge in [0.2, 0.25) is 0 Å². The molecular formula is C25H27N5O2. The lowest BCUT2D eigenvalue weighted by atomic mass is 10.0. The maximum atomic E-state index is 13.5. The van der Waals surface area contributed by atoms with Crippen molar-refractivity contribution in [3.63, 3.8) is 0 Å². The number of carbonyl (C=O) groups is 1. The van der Waals surface area contributed by atoms with Crippen LogP contribution in [-0.4, -0.2) is 48.0 Å². The van der Waals surface area contributed by atoms with E-state index in [-0.39, 0.29) is 11.3 Å². The van der Waals surface area contributed by atoms with Crippen molar-refractivity contribution < 1.29 is 4.79 Å². The Morgan fingerprint density at radius 1 is 1.06 bits per heavy atom. The fourth-order valence-corrected chi connectivity index (χ4v) is 3.76. The molecule has 0 spiro atoms. The minimum absolute atomic E-state index is 0.107. The lowest BCUT2D eigenvalue weighted by molar-refractivity contribution is 0.0952. The molecule has 3 N–H and O–H groups in total. The van der Waals surface area contributed by atoms with E-state index in [9.17, 15) is 9.59 Å². The van der Waals surface area contributed by atoms with Crippen molar-refractivity contribution in [2.24, 2.45) is 0 Å². The molecule has 7 nitrogen and oxygen atoms in total. The summed E-state index contributed by atoms with van der Waals surface area (Å²) in [7, 11) is 3.91. The number of carbonyl (C=O) groups excluding carboxylic acids is 1. The maximum Gasteiger partial charge on any atom is 0.253 e. The summed E-state index contributed by atoms with van der Waals surface area (Å²) >= 11 is 0. The Labute approximate surface area is 186 Å². The summed E-state index contributed by atoms with van der Waals surface area (Å²) in [5.41, 5.74) is 4.10. The third kappa shape index (κ3) is 4.33. The minimum atomic E-state index is -0.211.